The van der Waals surface area contributed by atoms with E-state index in [0.29, 0.717) is 17.2 Å². The van der Waals surface area contributed by atoms with Crippen LogP contribution in [-0.2, 0) is 0 Å². The molecule has 4 heteroatoms. The van der Waals surface area contributed by atoms with Crippen molar-refractivity contribution < 1.29 is 4.39 Å². The van der Waals surface area contributed by atoms with Gasteiger partial charge < -0.3 is 10.6 Å². The Morgan fingerprint density at radius 2 is 2.12 bits per heavy atom. The Morgan fingerprint density at radius 1 is 1.47 bits per heavy atom. The first-order valence-electron chi connectivity index (χ1n) is 5.80. The minimum Gasteiger partial charge on any atom is -0.389 e. The summed E-state index contributed by atoms with van der Waals surface area (Å²) in [4.78, 5) is 2.24. The Bertz CT molecular complexity index is 404. The molecule has 0 fully saturated rings. The zero-order valence-electron chi connectivity index (χ0n) is 10.5. The van der Waals surface area contributed by atoms with Gasteiger partial charge >= 0.3 is 0 Å². The average Bonchev–Trinajstić information content (AvgIpc) is 2.25. The van der Waals surface area contributed by atoms with E-state index in [0.717, 1.165) is 13.1 Å². The summed E-state index contributed by atoms with van der Waals surface area (Å²) >= 11 is 4.83. The number of benzene rings is 1. The minimum atomic E-state index is -0.266. The second-order valence-electron chi connectivity index (χ2n) is 4.46. The molecule has 0 radical (unpaired) electrons. The number of anilines is 1. The highest BCUT2D eigenvalue weighted by molar-refractivity contribution is 7.80. The zero-order valence-corrected chi connectivity index (χ0v) is 11.4. The summed E-state index contributed by atoms with van der Waals surface area (Å²) in [7, 11) is 0. The highest BCUT2D eigenvalue weighted by Gasteiger charge is 2.12. The Kier molecular flexibility index (Phi) is 4.87. The van der Waals surface area contributed by atoms with Crippen LogP contribution in [0.2, 0.25) is 0 Å². The van der Waals surface area contributed by atoms with Crippen molar-refractivity contribution in [1.29, 1.82) is 0 Å². The van der Waals surface area contributed by atoms with E-state index in [-0.39, 0.29) is 10.8 Å². The summed E-state index contributed by atoms with van der Waals surface area (Å²) in [6.07, 6.45) is 0. The van der Waals surface area contributed by atoms with E-state index < -0.39 is 0 Å². The van der Waals surface area contributed by atoms with E-state index in [2.05, 4.69) is 13.8 Å². The van der Waals surface area contributed by atoms with Gasteiger partial charge in [0.15, 0.2) is 0 Å². The second-order valence-corrected chi connectivity index (χ2v) is 4.90. The van der Waals surface area contributed by atoms with Crippen LogP contribution in [0.5, 0.6) is 0 Å². The molecular weight excluding hydrogens is 235 g/mol. The molecule has 2 N–H and O–H groups in total. The Balaban J connectivity index is 3.00. The zero-order chi connectivity index (χ0) is 13.0. The van der Waals surface area contributed by atoms with Gasteiger partial charge in [-0.1, -0.05) is 26.1 Å². The SMILES string of the molecule is CCN(CC(C)C)c1ccc(C(N)=S)cc1F. The number of rotatable bonds is 5. The van der Waals surface area contributed by atoms with Gasteiger partial charge in [0.25, 0.3) is 0 Å². The number of hydrogen-bond acceptors (Lipinski definition) is 2. The van der Waals surface area contributed by atoms with E-state index in [9.17, 15) is 4.39 Å². The van der Waals surface area contributed by atoms with Crippen molar-refractivity contribution in [3.8, 4) is 0 Å². The van der Waals surface area contributed by atoms with Crippen molar-refractivity contribution in [2.24, 2.45) is 11.7 Å². The molecule has 0 aliphatic carbocycles. The molecule has 0 amide bonds. The summed E-state index contributed by atoms with van der Waals surface area (Å²) in [5.74, 6) is 0.224. The topological polar surface area (TPSA) is 29.3 Å². The molecule has 0 bridgehead atoms. The Hall–Kier alpha value is -1.16. The monoisotopic (exact) mass is 254 g/mol. The summed E-state index contributed by atoms with van der Waals surface area (Å²) in [6.45, 7) is 7.86. The number of thiocarbonyl (C=S) groups is 1. The summed E-state index contributed by atoms with van der Waals surface area (Å²) in [5.41, 5.74) is 6.66. The van der Waals surface area contributed by atoms with Crippen molar-refractivity contribution in [1.82, 2.24) is 0 Å². The molecule has 0 spiro atoms. The van der Waals surface area contributed by atoms with Crippen LogP contribution in [0.1, 0.15) is 26.3 Å². The molecule has 0 saturated carbocycles. The van der Waals surface area contributed by atoms with Gasteiger partial charge in [-0.2, -0.15) is 0 Å². The van der Waals surface area contributed by atoms with Crippen LogP contribution in [0, 0.1) is 11.7 Å². The molecule has 0 aliphatic heterocycles. The van der Waals surface area contributed by atoms with Crippen molar-refractivity contribution in [3.05, 3.63) is 29.6 Å². The van der Waals surface area contributed by atoms with E-state index >= 15 is 0 Å². The molecule has 0 unspecified atom stereocenters. The molecule has 0 heterocycles. The van der Waals surface area contributed by atoms with Gasteiger partial charge in [-0.15, -0.1) is 0 Å². The van der Waals surface area contributed by atoms with E-state index in [4.69, 9.17) is 18.0 Å². The first kappa shape index (κ1) is 13.9. The lowest BCUT2D eigenvalue weighted by Crippen LogP contribution is -2.28. The maximum atomic E-state index is 13.9. The molecule has 2 nitrogen and oxygen atoms in total. The van der Waals surface area contributed by atoms with Crippen LogP contribution in [0.3, 0.4) is 0 Å². The number of hydrogen-bond donors (Lipinski definition) is 1. The molecule has 94 valence electrons. The van der Waals surface area contributed by atoms with Crippen LogP contribution in [0.25, 0.3) is 0 Å². The maximum absolute atomic E-state index is 13.9. The maximum Gasteiger partial charge on any atom is 0.147 e. The molecule has 0 saturated heterocycles. The highest BCUT2D eigenvalue weighted by atomic mass is 32.1. The number of halogens is 1. The fourth-order valence-electron chi connectivity index (χ4n) is 1.76. The molecule has 0 aromatic heterocycles. The lowest BCUT2D eigenvalue weighted by atomic mass is 10.1. The summed E-state index contributed by atoms with van der Waals surface area (Å²) in [6, 6.07) is 4.92. The van der Waals surface area contributed by atoms with Crippen LogP contribution in [0.15, 0.2) is 18.2 Å². The predicted molar refractivity (Wildman–Crippen MR) is 75.0 cm³/mol. The van der Waals surface area contributed by atoms with Crippen molar-refractivity contribution in [2.45, 2.75) is 20.8 Å². The number of nitrogens with two attached hydrogens (primary N) is 1. The molecule has 0 atom stereocenters. The lowest BCUT2D eigenvalue weighted by Gasteiger charge is -2.25. The van der Waals surface area contributed by atoms with Gasteiger partial charge in [0.1, 0.15) is 10.8 Å². The molecule has 1 aromatic carbocycles. The second kappa shape index (κ2) is 5.96. The smallest absolute Gasteiger partial charge is 0.147 e. The highest BCUT2D eigenvalue weighted by Crippen LogP contribution is 2.21. The standard InChI is InChI=1S/C13H19FN2S/c1-4-16(8-9(2)3)12-6-5-10(13(15)17)7-11(12)14/h5-7,9H,4,8H2,1-3H3,(H2,15,17). The van der Waals surface area contributed by atoms with E-state index in [1.165, 1.54) is 6.07 Å². The Morgan fingerprint density at radius 3 is 2.53 bits per heavy atom. The summed E-state index contributed by atoms with van der Waals surface area (Å²) < 4.78 is 13.9. The third-order valence-electron chi connectivity index (χ3n) is 2.54. The molecular formula is C13H19FN2S. The molecule has 0 aliphatic rings. The normalized spacial score (nSPS) is 10.6. The molecule has 17 heavy (non-hydrogen) atoms. The predicted octanol–water partition coefficient (Wildman–Crippen LogP) is 2.94. The van der Waals surface area contributed by atoms with Crippen LogP contribution in [0.4, 0.5) is 10.1 Å². The van der Waals surface area contributed by atoms with Crippen LogP contribution in [-0.4, -0.2) is 18.1 Å². The van der Waals surface area contributed by atoms with Gasteiger partial charge in [-0.3, -0.25) is 0 Å². The fourth-order valence-corrected chi connectivity index (χ4v) is 1.88. The van der Waals surface area contributed by atoms with Gasteiger partial charge in [0, 0.05) is 18.7 Å². The van der Waals surface area contributed by atoms with Crippen molar-refractivity contribution in [2.75, 3.05) is 18.0 Å². The summed E-state index contributed by atoms with van der Waals surface area (Å²) in [5, 5.41) is 0. The van der Waals surface area contributed by atoms with E-state index in [1.54, 1.807) is 12.1 Å². The van der Waals surface area contributed by atoms with Crippen molar-refractivity contribution >= 4 is 22.9 Å². The largest absolute Gasteiger partial charge is 0.389 e. The Labute approximate surface area is 108 Å². The van der Waals surface area contributed by atoms with Crippen LogP contribution < -0.4 is 10.6 Å². The first-order valence-corrected chi connectivity index (χ1v) is 6.20. The minimum absolute atomic E-state index is 0.224. The van der Waals surface area contributed by atoms with Gasteiger partial charge in [-0.05, 0) is 31.0 Å². The van der Waals surface area contributed by atoms with Crippen molar-refractivity contribution in [3.63, 3.8) is 0 Å². The third kappa shape index (κ3) is 3.66. The average molecular weight is 254 g/mol. The lowest BCUT2D eigenvalue weighted by molar-refractivity contribution is 0.586. The fraction of sp³-hybridized carbons (Fsp3) is 0.462. The van der Waals surface area contributed by atoms with Crippen LogP contribution >= 0.6 is 12.2 Å². The molecule has 1 rings (SSSR count). The number of nitrogens with zero attached hydrogens (tertiary/aromatic N) is 1. The first-order chi connectivity index (χ1) is 7.95. The third-order valence-corrected chi connectivity index (χ3v) is 2.78. The van der Waals surface area contributed by atoms with Gasteiger partial charge in [-0.25, -0.2) is 4.39 Å². The van der Waals surface area contributed by atoms with Gasteiger partial charge in [0.2, 0.25) is 0 Å². The molecule has 1 aromatic rings. The van der Waals surface area contributed by atoms with Gasteiger partial charge in [0.05, 0.1) is 5.69 Å². The van der Waals surface area contributed by atoms with E-state index in [1.807, 2.05) is 11.8 Å². The quantitative estimate of drug-likeness (QED) is 0.819.